The molecule has 0 aliphatic heterocycles. The molecule has 2 atom stereocenters. The molecule has 1 N–H and O–H groups in total. The minimum atomic E-state index is -1.77. The smallest absolute Gasteiger partial charge is 0.347 e. The van der Waals surface area contributed by atoms with Crippen LogP contribution in [0.3, 0.4) is 0 Å². The maximum Gasteiger partial charge on any atom is 0.347 e. The van der Waals surface area contributed by atoms with Crippen molar-refractivity contribution in [3.8, 4) is 0 Å². The van der Waals surface area contributed by atoms with Gasteiger partial charge in [-0.15, -0.1) is 0 Å². The number of aliphatic hydroxyl groups is 1. The minimum Gasteiger partial charge on any atom is -0.460 e. The van der Waals surface area contributed by atoms with Gasteiger partial charge in [-0.05, 0) is 66.9 Å². The van der Waals surface area contributed by atoms with E-state index in [2.05, 4.69) is 0 Å². The van der Waals surface area contributed by atoms with E-state index in [4.69, 9.17) is 4.74 Å². The van der Waals surface area contributed by atoms with Crippen molar-refractivity contribution >= 4 is 5.97 Å². The average molecular weight is 391 g/mol. The normalized spacial score (nSPS) is 27.8. The highest BCUT2D eigenvalue weighted by molar-refractivity contribution is 5.85. The Hall–Kier alpha value is -2.13. The van der Waals surface area contributed by atoms with Crippen molar-refractivity contribution in [2.24, 2.45) is 17.3 Å². The molecule has 0 radical (unpaired) electrons. The van der Waals surface area contributed by atoms with Gasteiger partial charge in [0, 0.05) is 0 Å². The van der Waals surface area contributed by atoms with Gasteiger partial charge in [0.2, 0.25) is 5.60 Å². The van der Waals surface area contributed by atoms with Gasteiger partial charge >= 0.3 is 5.97 Å². The molecule has 0 amide bonds. The first-order chi connectivity index (χ1) is 14.1. The van der Waals surface area contributed by atoms with E-state index in [-0.39, 0.29) is 6.10 Å². The summed E-state index contributed by atoms with van der Waals surface area (Å²) in [5.41, 5.74) is -0.133. The monoisotopic (exact) mass is 390 g/mol. The number of esters is 1. The second-order valence-corrected chi connectivity index (χ2v) is 9.35. The zero-order valence-electron chi connectivity index (χ0n) is 16.9. The van der Waals surface area contributed by atoms with E-state index in [9.17, 15) is 9.90 Å². The van der Waals surface area contributed by atoms with Gasteiger partial charge < -0.3 is 9.84 Å². The van der Waals surface area contributed by atoms with Crippen LogP contribution in [0, 0.1) is 17.3 Å². The molecule has 5 rings (SSSR count). The average Bonchev–Trinajstić information content (AvgIpc) is 3.31. The van der Waals surface area contributed by atoms with Crippen LogP contribution < -0.4 is 0 Å². The van der Waals surface area contributed by atoms with E-state index < -0.39 is 11.6 Å². The molecule has 2 aromatic rings. The van der Waals surface area contributed by atoms with Gasteiger partial charge in [0.1, 0.15) is 6.10 Å². The molecule has 2 aromatic carbocycles. The van der Waals surface area contributed by atoms with E-state index in [1.54, 1.807) is 24.3 Å². The summed E-state index contributed by atoms with van der Waals surface area (Å²) in [6.07, 6.45) is 9.84. The van der Waals surface area contributed by atoms with Crippen molar-refractivity contribution in [3.05, 3.63) is 71.8 Å². The summed E-state index contributed by atoms with van der Waals surface area (Å²) in [7, 11) is 0. The third kappa shape index (κ3) is 3.02. The Labute approximate surface area is 173 Å². The molecule has 0 aromatic heterocycles. The van der Waals surface area contributed by atoms with Gasteiger partial charge in [0.25, 0.3) is 0 Å². The molecular weight excluding hydrogens is 360 g/mol. The van der Waals surface area contributed by atoms with Crippen LogP contribution in [0.25, 0.3) is 0 Å². The summed E-state index contributed by atoms with van der Waals surface area (Å²) >= 11 is 0. The van der Waals surface area contributed by atoms with Gasteiger partial charge in [0.05, 0.1) is 0 Å². The Kier molecular flexibility index (Phi) is 4.74. The molecule has 152 valence electrons. The molecule has 3 saturated carbocycles. The van der Waals surface area contributed by atoms with E-state index in [1.165, 1.54) is 38.5 Å². The molecule has 29 heavy (non-hydrogen) atoms. The molecule has 3 aliphatic rings. The second-order valence-electron chi connectivity index (χ2n) is 9.35. The zero-order chi connectivity index (χ0) is 19.9. The first-order valence-corrected chi connectivity index (χ1v) is 11.2. The molecule has 1 spiro atoms. The van der Waals surface area contributed by atoms with E-state index >= 15 is 0 Å². The van der Waals surface area contributed by atoms with Crippen molar-refractivity contribution in [2.75, 3.05) is 0 Å². The fourth-order valence-corrected chi connectivity index (χ4v) is 6.69. The minimum absolute atomic E-state index is 0.0785. The highest BCUT2D eigenvalue weighted by Gasteiger charge is 2.56. The van der Waals surface area contributed by atoms with Gasteiger partial charge in [-0.1, -0.05) is 73.5 Å². The van der Waals surface area contributed by atoms with Gasteiger partial charge in [0.15, 0.2) is 0 Å². The van der Waals surface area contributed by atoms with Crippen LogP contribution >= 0.6 is 0 Å². The lowest BCUT2D eigenvalue weighted by atomic mass is 9.63. The Morgan fingerprint density at radius 3 is 1.83 bits per heavy atom. The van der Waals surface area contributed by atoms with Crippen molar-refractivity contribution in [1.29, 1.82) is 0 Å². The number of hydrogen-bond donors (Lipinski definition) is 1. The van der Waals surface area contributed by atoms with Gasteiger partial charge in [-0.25, -0.2) is 4.79 Å². The van der Waals surface area contributed by atoms with Crippen LogP contribution in [0.5, 0.6) is 0 Å². The summed E-state index contributed by atoms with van der Waals surface area (Å²) in [4.78, 5) is 13.4. The van der Waals surface area contributed by atoms with Crippen molar-refractivity contribution in [3.63, 3.8) is 0 Å². The SMILES string of the molecule is O=C(OC1CC2CCC(C1)C21CCCC1)C(O)(c1ccccc1)c1ccccc1. The molecule has 3 heteroatoms. The maximum absolute atomic E-state index is 13.4. The fourth-order valence-electron chi connectivity index (χ4n) is 6.69. The topological polar surface area (TPSA) is 46.5 Å². The lowest BCUT2D eigenvalue weighted by Gasteiger charge is -2.44. The molecule has 2 unspecified atom stereocenters. The molecule has 2 bridgehead atoms. The number of rotatable bonds is 4. The van der Waals surface area contributed by atoms with Crippen LogP contribution in [0.2, 0.25) is 0 Å². The Morgan fingerprint density at radius 1 is 0.862 bits per heavy atom. The largest absolute Gasteiger partial charge is 0.460 e. The summed E-state index contributed by atoms with van der Waals surface area (Å²) in [5.74, 6) is 0.827. The van der Waals surface area contributed by atoms with E-state index in [0.29, 0.717) is 28.4 Å². The highest BCUT2D eigenvalue weighted by atomic mass is 16.6. The highest BCUT2D eigenvalue weighted by Crippen LogP contribution is 2.63. The summed E-state index contributed by atoms with van der Waals surface area (Å²) in [6.45, 7) is 0. The van der Waals surface area contributed by atoms with Crippen LogP contribution in [0.15, 0.2) is 60.7 Å². The predicted molar refractivity (Wildman–Crippen MR) is 112 cm³/mol. The summed E-state index contributed by atoms with van der Waals surface area (Å²) in [5, 5.41) is 11.6. The molecule has 0 saturated heterocycles. The Morgan fingerprint density at radius 2 is 1.34 bits per heavy atom. The second kappa shape index (κ2) is 7.28. The summed E-state index contributed by atoms with van der Waals surface area (Å²) < 4.78 is 6.06. The third-order valence-corrected chi connectivity index (χ3v) is 8.07. The van der Waals surface area contributed by atoms with Crippen molar-refractivity contribution in [2.45, 2.75) is 63.1 Å². The summed E-state index contributed by atoms with van der Waals surface area (Å²) in [6, 6.07) is 18.4. The number of benzene rings is 2. The zero-order valence-corrected chi connectivity index (χ0v) is 16.9. The van der Waals surface area contributed by atoms with E-state index in [0.717, 1.165) is 12.8 Å². The van der Waals surface area contributed by atoms with Crippen LogP contribution in [0.1, 0.15) is 62.5 Å². The fraction of sp³-hybridized carbons (Fsp3) is 0.500. The Balaban J connectivity index is 1.40. The van der Waals surface area contributed by atoms with Crippen molar-refractivity contribution < 1.29 is 14.6 Å². The quantitative estimate of drug-likeness (QED) is 0.729. The van der Waals surface area contributed by atoms with Crippen LogP contribution in [0.4, 0.5) is 0 Å². The molecule has 3 nitrogen and oxygen atoms in total. The number of carbonyl (C=O) groups excluding carboxylic acids is 1. The molecule has 3 aliphatic carbocycles. The molecule has 0 heterocycles. The molecule has 3 fully saturated rings. The Bertz CT molecular complexity index is 799. The standard InChI is InChI=1S/C26H30O3/c27-24(26(28,19-9-3-1-4-10-19)20-11-5-2-6-12-20)29-23-17-21-13-14-22(18-23)25(21)15-7-8-16-25/h1-6,9-12,21-23,28H,7-8,13-18H2. The lowest BCUT2D eigenvalue weighted by molar-refractivity contribution is -0.172. The van der Waals surface area contributed by atoms with Crippen LogP contribution in [-0.4, -0.2) is 17.2 Å². The number of carbonyl (C=O) groups is 1. The van der Waals surface area contributed by atoms with E-state index in [1.807, 2.05) is 36.4 Å². The third-order valence-electron chi connectivity index (χ3n) is 8.07. The lowest BCUT2D eigenvalue weighted by Crippen LogP contribution is -2.44. The van der Waals surface area contributed by atoms with Gasteiger partial charge in [-0.2, -0.15) is 0 Å². The number of hydrogen-bond acceptors (Lipinski definition) is 3. The van der Waals surface area contributed by atoms with Crippen molar-refractivity contribution in [1.82, 2.24) is 0 Å². The first-order valence-electron chi connectivity index (χ1n) is 11.2. The molecular formula is C26H30O3. The first kappa shape index (κ1) is 18.9. The van der Waals surface area contributed by atoms with Gasteiger partial charge in [-0.3, -0.25) is 0 Å². The maximum atomic E-state index is 13.4. The predicted octanol–water partition coefficient (Wildman–Crippen LogP) is 5.21. The number of ether oxygens (including phenoxy) is 1. The van der Waals surface area contributed by atoms with Crippen LogP contribution in [-0.2, 0) is 15.1 Å².